The van der Waals surface area contributed by atoms with E-state index >= 15 is 0 Å². The summed E-state index contributed by atoms with van der Waals surface area (Å²) in [6.07, 6.45) is 0. The maximum absolute atomic E-state index is 8.86. The number of hydrogen-bond donors (Lipinski definition) is 1. The summed E-state index contributed by atoms with van der Waals surface area (Å²) >= 11 is 0. The Labute approximate surface area is 79.4 Å². The van der Waals surface area contributed by atoms with Gasteiger partial charge in [-0.15, -0.1) is 0 Å². The summed E-state index contributed by atoms with van der Waals surface area (Å²) in [4.78, 5) is 0. The summed E-state index contributed by atoms with van der Waals surface area (Å²) in [5, 5.41) is 13.2. The molecule has 0 radical (unpaired) electrons. The Kier molecular flexibility index (Phi) is 2.76. The van der Waals surface area contributed by atoms with Crippen molar-refractivity contribution in [1.82, 2.24) is 9.78 Å². The van der Waals surface area contributed by atoms with Gasteiger partial charge in [-0.05, 0) is 13.0 Å². The van der Waals surface area contributed by atoms with Gasteiger partial charge in [0.05, 0.1) is 18.8 Å². The first kappa shape index (κ1) is 10.3. The minimum absolute atomic E-state index is 0.0937. The molecule has 3 heteroatoms. The first-order chi connectivity index (χ1) is 5.95. The Bertz CT molecular complexity index is 284. The van der Waals surface area contributed by atoms with Crippen LogP contribution in [0.4, 0.5) is 0 Å². The van der Waals surface area contributed by atoms with E-state index in [0.717, 1.165) is 5.69 Å². The average molecular weight is 182 g/mol. The van der Waals surface area contributed by atoms with E-state index in [4.69, 9.17) is 5.11 Å². The summed E-state index contributed by atoms with van der Waals surface area (Å²) in [5.41, 5.74) is 2.29. The van der Waals surface area contributed by atoms with Gasteiger partial charge in [0, 0.05) is 11.1 Å². The molecule has 13 heavy (non-hydrogen) atoms. The van der Waals surface area contributed by atoms with E-state index in [1.165, 1.54) is 5.69 Å². The van der Waals surface area contributed by atoms with E-state index in [-0.39, 0.29) is 12.0 Å². The fourth-order valence-corrected chi connectivity index (χ4v) is 1.41. The minimum Gasteiger partial charge on any atom is -0.394 e. The summed E-state index contributed by atoms with van der Waals surface area (Å²) in [7, 11) is 0. The molecule has 1 rings (SSSR count). The zero-order valence-corrected chi connectivity index (χ0v) is 8.83. The zero-order chi connectivity index (χ0) is 10.1. The SMILES string of the molecule is Cc1cc(C(C)(C)C)n(CCO)n1. The van der Waals surface area contributed by atoms with Crippen LogP contribution in [0.15, 0.2) is 6.07 Å². The predicted octanol–water partition coefficient (Wildman–Crippen LogP) is 1.48. The van der Waals surface area contributed by atoms with Crippen LogP contribution in [-0.4, -0.2) is 21.5 Å². The van der Waals surface area contributed by atoms with Gasteiger partial charge in [-0.2, -0.15) is 5.10 Å². The maximum atomic E-state index is 8.86. The molecule has 74 valence electrons. The summed E-state index contributed by atoms with van der Waals surface area (Å²) in [5.74, 6) is 0. The molecule has 0 fully saturated rings. The minimum atomic E-state index is 0.0937. The van der Waals surface area contributed by atoms with Crippen LogP contribution in [0.25, 0.3) is 0 Å². The third kappa shape index (κ3) is 2.31. The molecule has 0 aliphatic rings. The van der Waals surface area contributed by atoms with Crippen LogP contribution >= 0.6 is 0 Å². The highest BCUT2D eigenvalue weighted by molar-refractivity contribution is 5.17. The van der Waals surface area contributed by atoms with E-state index < -0.39 is 0 Å². The molecule has 0 aliphatic heterocycles. The lowest BCUT2D eigenvalue weighted by Gasteiger charge is -2.19. The van der Waals surface area contributed by atoms with Crippen molar-refractivity contribution in [2.24, 2.45) is 0 Å². The molecule has 0 saturated carbocycles. The Morgan fingerprint density at radius 3 is 2.54 bits per heavy atom. The Morgan fingerprint density at radius 2 is 2.08 bits per heavy atom. The van der Waals surface area contributed by atoms with Crippen molar-refractivity contribution in [3.05, 3.63) is 17.5 Å². The molecule has 3 nitrogen and oxygen atoms in total. The first-order valence-electron chi connectivity index (χ1n) is 4.61. The van der Waals surface area contributed by atoms with Crippen LogP contribution in [0.1, 0.15) is 32.2 Å². The van der Waals surface area contributed by atoms with Gasteiger partial charge in [-0.3, -0.25) is 4.68 Å². The topological polar surface area (TPSA) is 38.0 Å². The fourth-order valence-electron chi connectivity index (χ4n) is 1.41. The van der Waals surface area contributed by atoms with Crippen LogP contribution in [0.5, 0.6) is 0 Å². The summed E-state index contributed by atoms with van der Waals surface area (Å²) < 4.78 is 1.88. The quantitative estimate of drug-likeness (QED) is 0.752. The van der Waals surface area contributed by atoms with Crippen LogP contribution in [0, 0.1) is 6.92 Å². The normalized spacial score (nSPS) is 12.1. The molecule has 0 saturated heterocycles. The van der Waals surface area contributed by atoms with E-state index in [9.17, 15) is 0 Å². The van der Waals surface area contributed by atoms with Crippen molar-refractivity contribution in [2.75, 3.05) is 6.61 Å². The van der Waals surface area contributed by atoms with Gasteiger partial charge in [0.25, 0.3) is 0 Å². The second-order valence-electron chi connectivity index (χ2n) is 4.37. The van der Waals surface area contributed by atoms with Crippen molar-refractivity contribution in [3.8, 4) is 0 Å². The highest BCUT2D eigenvalue weighted by Crippen LogP contribution is 2.22. The first-order valence-corrected chi connectivity index (χ1v) is 4.61. The van der Waals surface area contributed by atoms with Crippen LogP contribution < -0.4 is 0 Å². The summed E-state index contributed by atoms with van der Waals surface area (Å²) in [6, 6.07) is 2.08. The van der Waals surface area contributed by atoms with E-state index in [0.29, 0.717) is 6.54 Å². The van der Waals surface area contributed by atoms with Gasteiger partial charge in [0.15, 0.2) is 0 Å². The van der Waals surface area contributed by atoms with Crippen molar-refractivity contribution in [3.63, 3.8) is 0 Å². The molecule has 0 aromatic carbocycles. The van der Waals surface area contributed by atoms with E-state index in [1.807, 2.05) is 11.6 Å². The third-order valence-corrected chi connectivity index (χ3v) is 1.98. The van der Waals surface area contributed by atoms with Crippen LogP contribution in [-0.2, 0) is 12.0 Å². The number of aliphatic hydroxyl groups excluding tert-OH is 1. The molecular weight excluding hydrogens is 164 g/mol. The number of aromatic nitrogens is 2. The lowest BCUT2D eigenvalue weighted by molar-refractivity contribution is 0.264. The molecule has 1 aromatic rings. The van der Waals surface area contributed by atoms with Gasteiger partial charge in [0.1, 0.15) is 0 Å². The zero-order valence-electron chi connectivity index (χ0n) is 8.83. The second kappa shape index (κ2) is 3.50. The maximum Gasteiger partial charge on any atom is 0.0644 e. The molecule has 0 atom stereocenters. The largest absolute Gasteiger partial charge is 0.394 e. The average Bonchev–Trinajstić information content (AvgIpc) is 2.30. The van der Waals surface area contributed by atoms with Gasteiger partial charge in [-0.25, -0.2) is 0 Å². The van der Waals surface area contributed by atoms with E-state index in [1.54, 1.807) is 0 Å². The molecule has 1 N–H and O–H groups in total. The van der Waals surface area contributed by atoms with Gasteiger partial charge >= 0.3 is 0 Å². The molecule has 0 unspecified atom stereocenters. The van der Waals surface area contributed by atoms with Crippen molar-refractivity contribution < 1.29 is 5.11 Å². The molecule has 0 aliphatic carbocycles. The number of nitrogens with zero attached hydrogens (tertiary/aromatic N) is 2. The van der Waals surface area contributed by atoms with Gasteiger partial charge in [-0.1, -0.05) is 20.8 Å². The summed E-state index contributed by atoms with van der Waals surface area (Å²) in [6.45, 7) is 9.15. The smallest absolute Gasteiger partial charge is 0.0644 e. The van der Waals surface area contributed by atoms with Crippen molar-refractivity contribution in [1.29, 1.82) is 0 Å². The molecule has 1 aromatic heterocycles. The van der Waals surface area contributed by atoms with Gasteiger partial charge < -0.3 is 5.11 Å². The van der Waals surface area contributed by atoms with Crippen LogP contribution in [0.3, 0.4) is 0 Å². The highest BCUT2D eigenvalue weighted by atomic mass is 16.3. The molecule has 0 spiro atoms. The third-order valence-electron chi connectivity index (χ3n) is 1.98. The highest BCUT2D eigenvalue weighted by Gasteiger charge is 2.19. The monoisotopic (exact) mass is 182 g/mol. The Hall–Kier alpha value is -0.830. The van der Waals surface area contributed by atoms with Crippen molar-refractivity contribution >= 4 is 0 Å². The Balaban J connectivity index is 3.04. The van der Waals surface area contributed by atoms with Crippen LogP contribution in [0.2, 0.25) is 0 Å². The standard InChI is InChI=1S/C10H18N2O/c1-8-7-9(10(2,3)4)12(11-8)5-6-13/h7,13H,5-6H2,1-4H3. The van der Waals surface area contributed by atoms with Gasteiger partial charge in [0.2, 0.25) is 0 Å². The number of rotatable bonds is 2. The molecule has 0 amide bonds. The molecule has 0 bridgehead atoms. The predicted molar refractivity (Wildman–Crippen MR) is 52.7 cm³/mol. The molecule has 1 heterocycles. The van der Waals surface area contributed by atoms with E-state index in [2.05, 4.69) is 31.9 Å². The van der Waals surface area contributed by atoms with Crippen molar-refractivity contribution in [2.45, 2.75) is 39.7 Å². The second-order valence-corrected chi connectivity index (χ2v) is 4.37. The number of aryl methyl sites for hydroxylation is 1. The molecular formula is C10H18N2O. The number of aliphatic hydroxyl groups is 1. The number of hydrogen-bond acceptors (Lipinski definition) is 2. The fraction of sp³-hybridized carbons (Fsp3) is 0.700. The Morgan fingerprint density at radius 1 is 1.46 bits per heavy atom. The lowest BCUT2D eigenvalue weighted by atomic mass is 9.92. The lowest BCUT2D eigenvalue weighted by Crippen LogP contribution is -2.19.